The zero-order valence-electron chi connectivity index (χ0n) is 10.8. The van der Waals surface area contributed by atoms with Crippen LogP contribution in [0.25, 0.3) is 10.9 Å². The van der Waals surface area contributed by atoms with Crippen molar-refractivity contribution in [1.29, 1.82) is 0 Å². The van der Waals surface area contributed by atoms with Crippen LogP contribution in [0.5, 0.6) is 11.6 Å². The van der Waals surface area contributed by atoms with Crippen LogP contribution in [0.15, 0.2) is 30.6 Å². The Morgan fingerprint density at radius 2 is 2.15 bits per heavy atom. The van der Waals surface area contributed by atoms with Gasteiger partial charge in [0, 0.05) is 11.5 Å². The summed E-state index contributed by atoms with van der Waals surface area (Å²) in [6.07, 6.45) is 3.17. The van der Waals surface area contributed by atoms with Crippen molar-refractivity contribution < 1.29 is 9.47 Å². The Morgan fingerprint density at radius 1 is 1.25 bits per heavy atom. The number of anilines is 1. The number of aromatic amines is 1. The Labute approximate surface area is 114 Å². The van der Waals surface area contributed by atoms with E-state index in [9.17, 15) is 0 Å². The number of nitrogen functional groups attached to an aromatic ring is 1. The highest BCUT2D eigenvalue weighted by molar-refractivity contribution is 5.89. The van der Waals surface area contributed by atoms with Crippen molar-refractivity contribution in [3.05, 3.63) is 36.3 Å². The van der Waals surface area contributed by atoms with E-state index < -0.39 is 0 Å². The van der Waals surface area contributed by atoms with Gasteiger partial charge in [0.2, 0.25) is 5.88 Å². The van der Waals surface area contributed by atoms with Crippen LogP contribution in [0.4, 0.5) is 5.82 Å². The predicted octanol–water partition coefficient (Wildman–Crippen LogP) is 1.52. The van der Waals surface area contributed by atoms with Crippen molar-refractivity contribution >= 4 is 16.7 Å². The number of hydrogen-bond donors (Lipinski definition) is 2. The van der Waals surface area contributed by atoms with E-state index in [2.05, 4.69) is 20.2 Å². The fourth-order valence-corrected chi connectivity index (χ4v) is 1.78. The van der Waals surface area contributed by atoms with Gasteiger partial charge in [-0.25, -0.2) is 4.98 Å². The van der Waals surface area contributed by atoms with E-state index >= 15 is 0 Å². The molecule has 1 aromatic carbocycles. The molecule has 0 atom stereocenters. The topological polar surface area (TPSA) is 98.9 Å². The molecular weight excluding hydrogens is 258 g/mol. The lowest BCUT2D eigenvalue weighted by molar-refractivity contribution is 0.300. The summed E-state index contributed by atoms with van der Waals surface area (Å²) in [5, 5.41) is 7.68. The minimum atomic E-state index is 0.322. The molecule has 102 valence electrons. The van der Waals surface area contributed by atoms with Gasteiger partial charge in [0.05, 0.1) is 30.7 Å². The third-order valence-electron chi connectivity index (χ3n) is 2.83. The lowest BCUT2D eigenvalue weighted by Gasteiger charge is -2.05. The molecule has 0 aliphatic rings. The normalized spacial score (nSPS) is 10.7. The number of nitrogens with two attached hydrogens (primary N) is 1. The Balaban J connectivity index is 1.72. The molecule has 3 rings (SSSR count). The molecule has 2 aromatic heterocycles. The fraction of sp³-hybridized carbons (Fsp3) is 0.154. The number of aromatic nitrogens is 4. The van der Waals surface area contributed by atoms with Crippen LogP contribution in [-0.2, 0) is 6.61 Å². The Kier molecular flexibility index (Phi) is 3.08. The zero-order chi connectivity index (χ0) is 13.9. The number of H-pyrrole nitrogens is 1. The number of hydrogen-bond acceptors (Lipinski definition) is 6. The molecule has 0 bridgehead atoms. The molecule has 0 fully saturated rings. The third-order valence-corrected chi connectivity index (χ3v) is 2.83. The van der Waals surface area contributed by atoms with Crippen LogP contribution in [0, 0.1) is 0 Å². The number of rotatable bonds is 4. The van der Waals surface area contributed by atoms with E-state index in [0.29, 0.717) is 29.7 Å². The van der Waals surface area contributed by atoms with Crippen LogP contribution in [0.2, 0.25) is 0 Å². The molecule has 0 amide bonds. The highest BCUT2D eigenvalue weighted by Gasteiger charge is 2.04. The zero-order valence-corrected chi connectivity index (χ0v) is 10.8. The summed E-state index contributed by atoms with van der Waals surface area (Å²) in [5.74, 6) is 1.72. The first-order valence-corrected chi connectivity index (χ1v) is 5.97. The number of nitrogens with zero attached hydrogens (tertiary/aromatic N) is 3. The van der Waals surface area contributed by atoms with Crippen LogP contribution in [0.3, 0.4) is 0 Å². The highest BCUT2D eigenvalue weighted by Crippen LogP contribution is 2.23. The molecule has 0 saturated heterocycles. The number of methoxy groups -OCH3 is 1. The number of fused-ring (bicyclic) bond motifs is 1. The van der Waals surface area contributed by atoms with Crippen molar-refractivity contribution in [3.8, 4) is 11.6 Å². The molecule has 20 heavy (non-hydrogen) atoms. The molecule has 2 heterocycles. The Morgan fingerprint density at radius 3 is 2.90 bits per heavy atom. The first-order chi connectivity index (χ1) is 9.76. The van der Waals surface area contributed by atoms with Gasteiger partial charge in [0.1, 0.15) is 18.2 Å². The molecule has 3 aromatic rings. The average molecular weight is 271 g/mol. The van der Waals surface area contributed by atoms with Crippen LogP contribution < -0.4 is 15.2 Å². The number of benzene rings is 1. The van der Waals surface area contributed by atoms with Gasteiger partial charge in [0.15, 0.2) is 0 Å². The summed E-state index contributed by atoms with van der Waals surface area (Å²) < 4.78 is 10.6. The average Bonchev–Trinajstić information content (AvgIpc) is 2.87. The van der Waals surface area contributed by atoms with E-state index in [-0.39, 0.29) is 0 Å². The number of ether oxygens (including phenoxy) is 2. The summed E-state index contributed by atoms with van der Waals surface area (Å²) in [7, 11) is 1.55. The van der Waals surface area contributed by atoms with Gasteiger partial charge >= 0.3 is 0 Å². The van der Waals surface area contributed by atoms with Crippen LogP contribution >= 0.6 is 0 Å². The standard InChI is InChI=1S/C13H13N5O2/c1-19-12-6-15-8(5-16-12)7-20-9-2-3-10-11(4-9)17-18-13(10)14/h2-6H,7H2,1H3,(H3,14,17,18). The van der Waals surface area contributed by atoms with Gasteiger partial charge in [-0.2, -0.15) is 5.10 Å². The molecular formula is C13H13N5O2. The first kappa shape index (κ1) is 12.2. The van der Waals surface area contributed by atoms with Crippen molar-refractivity contribution in [2.24, 2.45) is 0 Å². The fourth-order valence-electron chi connectivity index (χ4n) is 1.78. The molecule has 0 radical (unpaired) electrons. The summed E-state index contributed by atoms with van der Waals surface area (Å²) in [5.41, 5.74) is 7.21. The lowest BCUT2D eigenvalue weighted by Crippen LogP contribution is -1.99. The van der Waals surface area contributed by atoms with E-state index in [1.165, 1.54) is 0 Å². The second kappa shape index (κ2) is 5.04. The molecule has 0 saturated carbocycles. The maximum Gasteiger partial charge on any atom is 0.231 e. The van der Waals surface area contributed by atoms with Gasteiger partial charge in [-0.05, 0) is 12.1 Å². The maximum atomic E-state index is 5.73. The van der Waals surface area contributed by atoms with E-state index in [1.807, 2.05) is 18.2 Å². The second-order valence-electron chi connectivity index (χ2n) is 4.16. The predicted molar refractivity (Wildman–Crippen MR) is 73.4 cm³/mol. The lowest BCUT2D eigenvalue weighted by atomic mass is 10.2. The quantitative estimate of drug-likeness (QED) is 0.746. The second-order valence-corrected chi connectivity index (χ2v) is 4.16. The van der Waals surface area contributed by atoms with Crippen LogP contribution in [-0.4, -0.2) is 27.3 Å². The summed E-state index contributed by atoms with van der Waals surface area (Å²) in [6.45, 7) is 0.322. The molecule has 7 nitrogen and oxygen atoms in total. The van der Waals surface area contributed by atoms with Crippen molar-refractivity contribution in [3.63, 3.8) is 0 Å². The Hall–Kier alpha value is -2.83. The SMILES string of the molecule is COc1cnc(COc2ccc3c(N)[nH]nc3c2)cn1. The van der Waals surface area contributed by atoms with E-state index in [1.54, 1.807) is 19.5 Å². The Bertz CT molecular complexity index is 723. The molecule has 7 heteroatoms. The summed E-state index contributed by atoms with van der Waals surface area (Å²) in [4.78, 5) is 8.24. The van der Waals surface area contributed by atoms with Gasteiger partial charge in [-0.15, -0.1) is 0 Å². The number of nitrogens with one attached hydrogen (secondary N) is 1. The van der Waals surface area contributed by atoms with E-state index in [4.69, 9.17) is 15.2 Å². The molecule has 3 N–H and O–H groups in total. The smallest absolute Gasteiger partial charge is 0.231 e. The van der Waals surface area contributed by atoms with Crippen molar-refractivity contribution in [2.45, 2.75) is 6.61 Å². The van der Waals surface area contributed by atoms with Gasteiger partial charge in [0.25, 0.3) is 0 Å². The summed E-state index contributed by atoms with van der Waals surface area (Å²) in [6, 6.07) is 5.52. The van der Waals surface area contributed by atoms with Crippen molar-refractivity contribution in [1.82, 2.24) is 20.2 Å². The summed E-state index contributed by atoms with van der Waals surface area (Å²) >= 11 is 0. The minimum Gasteiger partial charge on any atom is -0.487 e. The highest BCUT2D eigenvalue weighted by atomic mass is 16.5. The van der Waals surface area contributed by atoms with E-state index in [0.717, 1.165) is 10.9 Å². The van der Waals surface area contributed by atoms with Gasteiger partial charge in [-0.3, -0.25) is 10.1 Å². The van der Waals surface area contributed by atoms with Crippen molar-refractivity contribution in [2.75, 3.05) is 12.8 Å². The third kappa shape index (κ3) is 2.33. The monoisotopic (exact) mass is 271 g/mol. The minimum absolute atomic E-state index is 0.322. The van der Waals surface area contributed by atoms with Gasteiger partial charge in [-0.1, -0.05) is 0 Å². The maximum absolute atomic E-state index is 5.73. The molecule has 0 aliphatic carbocycles. The molecule has 0 unspecified atom stereocenters. The molecule has 0 aliphatic heterocycles. The molecule has 0 spiro atoms. The largest absolute Gasteiger partial charge is 0.487 e. The first-order valence-electron chi connectivity index (χ1n) is 5.97. The van der Waals surface area contributed by atoms with Gasteiger partial charge < -0.3 is 15.2 Å². The van der Waals surface area contributed by atoms with Crippen LogP contribution in [0.1, 0.15) is 5.69 Å².